The first-order valence-corrected chi connectivity index (χ1v) is 6.91. The lowest BCUT2D eigenvalue weighted by Gasteiger charge is -2.09. The average Bonchev–Trinajstić information content (AvgIpc) is 2.55. The van der Waals surface area contributed by atoms with Crippen LogP contribution < -0.4 is 11.1 Å². The predicted octanol–water partition coefficient (Wildman–Crippen LogP) is 3.94. The fraction of sp³-hybridized carbons (Fsp3) is 0.0556. The molecule has 1 heterocycles. The summed E-state index contributed by atoms with van der Waals surface area (Å²) >= 11 is 0. The van der Waals surface area contributed by atoms with Crippen LogP contribution in [-0.4, -0.2) is 4.98 Å². The molecule has 3 rings (SSSR count). The van der Waals surface area contributed by atoms with E-state index in [0.29, 0.717) is 12.2 Å². The van der Waals surface area contributed by atoms with Crippen LogP contribution in [0.3, 0.4) is 0 Å². The summed E-state index contributed by atoms with van der Waals surface area (Å²) in [5.41, 5.74) is 10.2. The molecule has 0 aliphatic rings. The second kappa shape index (κ2) is 6.09. The third-order valence-electron chi connectivity index (χ3n) is 3.33. The molecule has 0 spiro atoms. The van der Waals surface area contributed by atoms with Crippen LogP contribution in [0, 0.1) is 0 Å². The summed E-state index contributed by atoms with van der Waals surface area (Å²) in [6.07, 6.45) is 1.74. The number of benzene rings is 2. The Labute approximate surface area is 124 Å². The summed E-state index contributed by atoms with van der Waals surface area (Å²) in [6.45, 7) is 0.696. The Morgan fingerprint density at radius 2 is 1.67 bits per heavy atom. The van der Waals surface area contributed by atoms with E-state index < -0.39 is 0 Å². The van der Waals surface area contributed by atoms with E-state index in [1.165, 1.54) is 16.7 Å². The molecule has 0 aliphatic heterocycles. The van der Waals surface area contributed by atoms with Gasteiger partial charge < -0.3 is 11.1 Å². The number of hydrogen-bond acceptors (Lipinski definition) is 3. The second-order valence-corrected chi connectivity index (χ2v) is 4.86. The number of pyridine rings is 1. The Morgan fingerprint density at radius 3 is 2.48 bits per heavy atom. The van der Waals surface area contributed by atoms with E-state index in [4.69, 9.17) is 5.73 Å². The molecule has 3 N–H and O–H groups in total. The number of anilines is 2. The maximum Gasteiger partial charge on any atom is 0.149 e. The zero-order chi connectivity index (χ0) is 14.5. The van der Waals surface area contributed by atoms with Crippen molar-refractivity contribution in [2.45, 2.75) is 6.54 Å². The maximum atomic E-state index is 5.88. The van der Waals surface area contributed by atoms with E-state index in [1.54, 1.807) is 6.20 Å². The highest BCUT2D eigenvalue weighted by Gasteiger charge is 2.01. The number of rotatable bonds is 4. The van der Waals surface area contributed by atoms with Gasteiger partial charge in [0.05, 0.1) is 5.69 Å². The molecule has 0 bridgehead atoms. The molecule has 0 atom stereocenters. The zero-order valence-corrected chi connectivity index (χ0v) is 11.7. The summed E-state index contributed by atoms with van der Waals surface area (Å²) in [4.78, 5) is 4.24. The number of nitrogen functional groups attached to an aromatic ring is 1. The standard InChI is InChI=1S/C18H17N3/c19-17-10-5-11-20-18(17)21-13-14-6-4-9-16(12-14)15-7-2-1-3-8-15/h1-12H,13,19H2,(H,20,21). The highest BCUT2D eigenvalue weighted by Crippen LogP contribution is 2.21. The molecule has 3 heteroatoms. The minimum atomic E-state index is 0.664. The largest absolute Gasteiger partial charge is 0.396 e. The van der Waals surface area contributed by atoms with Crippen molar-refractivity contribution in [3.63, 3.8) is 0 Å². The molecule has 1 aromatic heterocycles. The molecule has 21 heavy (non-hydrogen) atoms. The molecule has 0 unspecified atom stereocenters. The van der Waals surface area contributed by atoms with Gasteiger partial charge in [0.25, 0.3) is 0 Å². The van der Waals surface area contributed by atoms with Gasteiger partial charge in [-0.2, -0.15) is 0 Å². The van der Waals surface area contributed by atoms with E-state index in [9.17, 15) is 0 Å². The van der Waals surface area contributed by atoms with E-state index in [1.807, 2.05) is 18.2 Å². The van der Waals surface area contributed by atoms with Crippen molar-refractivity contribution in [2.24, 2.45) is 0 Å². The van der Waals surface area contributed by atoms with Crippen LogP contribution in [0.4, 0.5) is 11.5 Å². The summed E-state index contributed by atoms with van der Waals surface area (Å²) in [7, 11) is 0. The van der Waals surface area contributed by atoms with Crippen LogP contribution in [0.1, 0.15) is 5.56 Å². The number of nitrogens with two attached hydrogens (primary N) is 1. The van der Waals surface area contributed by atoms with E-state index in [-0.39, 0.29) is 0 Å². The highest BCUT2D eigenvalue weighted by molar-refractivity contribution is 5.64. The molecule has 3 nitrogen and oxygen atoms in total. The Balaban J connectivity index is 1.77. The molecular formula is C18H17N3. The second-order valence-electron chi connectivity index (χ2n) is 4.86. The van der Waals surface area contributed by atoms with Crippen LogP contribution in [-0.2, 0) is 6.54 Å². The van der Waals surface area contributed by atoms with Crippen molar-refractivity contribution in [1.29, 1.82) is 0 Å². The molecule has 0 saturated heterocycles. The van der Waals surface area contributed by atoms with Gasteiger partial charge in [-0.05, 0) is 34.9 Å². The first-order valence-electron chi connectivity index (χ1n) is 6.91. The van der Waals surface area contributed by atoms with Gasteiger partial charge in [-0.1, -0.05) is 48.5 Å². The van der Waals surface area contributed by atoms with Crippen LogP contribution >= 0.6 is 0 Å². The maximum absolute atomic E-state index is 5.88. The summed E-state index contributed by atoms with van der Waals surface area (Å²) in [6, 6.07) is 22.5. The van der Waals surface area contributed by atoms with Gasteiger partial charge in [-0.3, -0.25) is 0 Å². The molecule has 0 radical (unpaired) electrons. The monoisotopic (exact) mass is 275 g/mol. The Morgan fingerprint density at radius 1 is 0.857 bits per heavy atom. The SMILES string of the molecule is Nc1cccnc1NCc1cccc(-c2ccccc2)c1. The van der Waals surface area contributed by atoms with Gasteiger partial charge in [0, 0.05) is 12.7 Å². The summed E-state index contributed by atoms with van der Waals surface area (Å²) in [5, 5.41) is 3.27. The topological polar surface area (TPSA) is 50.9 Å². The van der Waals surface area contributed by atoms with E-state index in [0.717, 1.165) is 5.82 Å². The normalized spacial score (nSPS) is 10.3. The van der Waals surface area contributed by atoms with Gasteiger partial charge in [0.15, 0.2) is 0 Å². The smallest absolute Gasteiger partial charge is 0.149 e. The van der Waals surface area contributed by atoms with Gasteiger partial charge >= 0.3 is 0 Å². The molecule has 0 amide bonds. The number of nitrogens with zero attached hydrogens (tertiary/aromatic N) is 1. The van der Waals surface area contributed by atoms with Crippen molar-refractivity contribution in [3.05, 3.63) is 78.5 Å². The molecule has 0 saturated carbocycles. The van der Waals surface area contributed by atoms with Gasteiger partial charge in [0.2, 0.25) is 0 Å². The van der Waals surface area contributed by atoms with Gasteiger partial charge in [-0.25, -0.2) is 4.98 Å². The molecule has 3 aromatic rings. The van der Waals surface area contributed by atoms with Crippen molar-refractivity contribution < 1.29 is 0 Å². The minimum Gasteiger partial charge on any atom is -0.396 e. The van der Waals surface area contributed by atoms with Crippen LogP contribution in [0.2, 0.25) is 0 Å². The summed E-state index contributed by atoms with van der Waals surface area (Å²) < 4.78 is 0. The minimum absolute atomic E-state index is 0.664. The van der Waals surface area contributed by atoms with E-state index in [2.05, 4.69) is 58.8 Å². The zero-order valence-electron chi connectivity index (χ0n) is 11.7. The van der Waals surface area contributed by atoms with Crippen molar-refractivity contribution >= 4 is 11.5 Å². The molecule has 2 aromatic carbocycles. The third-order valence-corrected chi connectivity index (χ3v) is 3.33. The van der Waals surface area contributed by atoms with Crippen molar-refractivity contribution in [3.8, 4) is 11.1 Å². The molecule has 0 fully saturated rings. The number of hydrogen-bond donors (Lipinski definition) is 2. The fourth-order valence-corrected chi connectivity index (χ4v) is 2.24. The lowest BCUT2D eigenvalue weighted by Crippen LogP contribution is -2.04. The van der Waals surface area contributed by atoms with Crippen LogP contribution in [0.25, 0.3) is 11.1 Å². The number of nitrogens with one attached hydrogen (secondary N) is 1. The predicted molar refractivity (Wildman–Crippen MR) is 87.9 cm³/mol. The fourth-order valence-electron chi connectivity index (χ4n) is 2.24. The number of aromatic nitrogens is 1. The highest BCUT2D eigenvalue weighted by atomic mass is 15.0. The van der Waals surface area contributed by atoms with Crippen LogP contribution in [0.5, 0.6) is 0 Å². The third kappa shape index (κ3) is 3.20. The molecular weight excluding hydrogens is 258 g/mol. The first-order chi connectivity index (χ1) is 10.3. The molecule has 0 aliphatic carbocycles. The Kier molecular flexibility index (Phi) is 3.83. The Hall–Kier alpha value is -2.81. The quantitative estimate of drug-likeness (QED) is 0.758. The van der Waals surface area contributed by atoms with Crippen LogP contribution in [0.15, 0.2) is 72.9 Å². The average molecular weight is 275 g/mol. The van der Waals surface area contributed by atoms with E-state index >= 15 is 0 Å². The van der Waals surface area contributed by atoms with Gasteiger partial charge in [-0.15, -0.1) is 0 Å². The van der Waals surface area contributed by atoms with Crippen molar-refractivity contribution in [1.82, 2.24) is 4.98 Å². The first kappa shape index (κ1) is 13.2. The molecule has 104 valence electrons. The van der Waals surface area contributed by atoms with Crippen molar-refractivity contribution in [2.75, 3.05) is 11.1 Å². The lowest BCUT2D eigenvalue weighted by molar-refractivity contribution is 1.11. The summed E-state index contributed by atoms with van der Waals surface area (Å²) in [5.74, 6) is 0.725. The Bertz CT molecular complexity index is 723. The lowest BCUT2D eigenvalue weighted by atomic mass is 10.0. The van der Waals surface area contributed by atoms with Gasteiger partial charge in [0.1, 0.15) is 5.82 Å².